The van der Waals surface area contributed by atoms with E-state index in [1.807, 2.05) is 0 Å². The van der Waals surface area contributed by atoms with Gasteiger partial charge in [0.2, 0.25) is 5.69 Å². The molecular formula is C11H16N4O5. The van der Waals surface area contributed by atoms with Gasteiger partial charge in [0.25, 0.3) is 5.91 Å². The average molecular weight is 284 g/mol. The van der Waals surface area contributed by atoms with E-state index in [-0.39, 0.29) is 17.8 Å². The number of aliphatic carboxylic acids is 1. The first-order valence-electron chi connectivity index (χ1n) is 5.88. The van der Waals surface area contributed by atoms with Gasteiger partial charge in [0.15, 0.2) is 0 Å². The average Bonchev–Trinajstić information content (AvgIpc) is 2.63. The number of nitrogens with zero attached hydrogens (tertiary/aromatic N) is 3. The Kier molecular flexibility index (Phi) is 4.11. The molecule has 0 aliphatic rings. The van der Waals surface area contributed by atoms with Gasteiger partial charge in [0, 0.05) is 7.05 Å². The Balaban J connectivity index is 3.23. The summed E-state index contributed by atoms with van der Waals surface area (Å²) in [5, 5.41) is 26.2. The number of rotatable bonds is 5. The van der Waals surface area contributed by atoms with Gasteiger partial charge in [0.05, 0.1) is 4.92 Å². The number of carboxylic acids is 1. The second-order valence-corrected chi connectivity index (χ2v) is 4.61. The van der Waals surface area contributed by atoms with Crippen molar-refractivity contribution in [2.45, 2.75) is 32.7 Å². The second-order valence-electron chi connectivity index (χ2n) is 4.61. The molecule has 1 atom stereocenters. The van der Waals surface area contributed by atoms with Crippen molar-refractivity contribution >= 4 is 17.6 Å². The molecule has 0 aliphatic heterocycles. The molecule has 1 rings (SSSR count). The molecule has 110 valence electrons. The zero-order chi connectivity index (χ0) is 15.7. The molecule has 9 nitrogen and oxygen atoms in total. The van der Waals surface area contributed by atoms with Gasteiger partial charge in [0.1, 0.15) is 11.2 Å². The predicted octanol–water partition coefficient (Wildman–Crippen LogP) is 0.620. The van der Waals surface area contributed by atoms with Crippen LogP contribution in [0.1, 0.15) is 36.5 Å². The van der Waals surface area contributed by atoms with Gasteiger partial charge in [-0.2, -0.15) is 5.10 Å². The van der Waals surface area contributed by atoms with Crippen LogP contribution in [0.4, 0.5) is 5.69 Å². The van der Waals surface area contributed by atoms with Gasteiger partial charge < -0.3 is 10.4 Å². The Morgan fingerprint density at radius 1 is 1.55 bits per heavy atom. The highest BCUT2D eigenvalue weighted by molar-refractivity contribution is 5.99. The van der Waals surface area contributed by atoms with E-state index < -0.39 is 28.0 Å². The van der Waals surface area contributed by atoms with Crippen LogP contribution in [0, 0.1) is 17.0 Å². The van der Waals surface area contributed by atoms with Crippen molar-refractivity contribution in [3.63, 3.8) is 0 Å². The highest BCUT2D eigenvalue weighted by atomic mass is 16.6. The van der Waals surface area contributed by atoms with E-state index in [1.54, 1.807) is 6.92 Å². The third-order valence-corrected chi connectivity index (χ3v) is 3.16. The minimum absolute atomic E-state index is 0.0937. The lowest BCUT2D eigenvalue weighted by Gasteiger charge is -2.24. The van der Waals surface area contributed by atoms with Crippen LogP contribution in [0.25, 0.3) is 0 Å². The predicted molar refractivity (Wildman–Crippen MR) is 68.4 cm³/mol. The SMILES string of the molecule is CCC(C)(NC(=O)c1c([N+](=O)[O-])c(C)nn1C)C(=O)O. The zero-order valence-corrected chi connectivity index (χ0v) is 11.6. The van der Waals surface area contributed by atoms with Crippen LogP contribution >= 0.6 is 0 Å². The van der Waals surface area contributed by atoms with Crippen molar-refractivity contribution in [2.75, 3.05) is 0 Å². The molecule has 1 aromatic heterocycles. The van der Waals surface area contributed by atoms with Crippen LogP contribution in [0.5, 0.6) is 0 Å². The largest absolute Gasteiger partial charge is 0.480 e. The Bertz CT molecular complexity index is 580. The van der Waals surface area contributed by atoms with Gasteiger partial charge in [-0.25, -0.2) is 4.79 Å². The summed E-state index contributed by atoms with van der Waals surface area (Å²) in [5.74, 6) is -2.05. The smallest absolute Gasteiger partial charge is 0.329 e. The molecule has 1 heterocycles. The summed E-state index contributed by atoms with van der Waals surface area (Å²) in [6.45, 7) is 4.34. The molecule has 1 amide bonds. The monoisotopic (exact) mass is 284 g/mol. The van der Waals surface area contributed by atoms with Crippen molar-refractivity contribution < 1.29 is 19.6 Å². The van der Waals surface area contributed by atoms with Crippen LogP contribution in [0.15, 0.2) is 0 Å². The first-order chi connectivity index (χ1) is 9.14. The van der Waals surface area contributed by atoms with Gasteiger partial charge in [-0.3, -0.25) is 19.6 Å². The maximum absolute atomic E-state index is 12.1. The minimum atomic E-state index is -1.50. The number of aryl methyl sites for hydroxylation is 2. The van der Waals surface area contributed by atoms with Crippen molar-refractivity contribution in [1.82, 2.24) is 15.1 Å². The molecule has 0 aliphatic carbocycles. The summed E-state index contributed by atoms with van der Waals surface area (Å²) in [7, 11) is 1.39. The Morgan fingerprint density at radius 3 is 2.50 bits per heavy atom. The summed E-state index contributed by atoms with van der Waals surface area (Å²) in [5.41, 5.74) is -2.10. The number of carboxylic acid groups (broad SMARTS) is 1. The van der Waals surface area contributed by atoms with Gasteiger partial charge in [-0.1, -0.05) is 6.92 Å². The highest BCUT2D eigenvalue weighted by Gasteiger charge is 2.37. The molecule has 0 bridgehead atoms. The lowest BCUT2D eigenvalue weighted by Crippen LogP contribution is -2.52. The number of carbonyl (C=O) groups is 2. The van der Waals surface area contributed by atoms with Crippen LogP contribution < -0.4 is 5.32 Å². The van der Waals surface area contributed by atoms with E-state index in [2.05, 4.69) is 10.4 Å². The van der Waals surface area contributed by atoms with E-state index in [0.717, 1.165) is 4.68 Å². The van der Waals surface area contributed by atoms with Crippen LogP contribution in [-0.2, 0) is 11.8 Å². The third kappa shape index (κ3) is 2.60. The fourth-order valence-electron chi connectivity index (χ4n) is 1.72. The van der Waals surface area contributed by atoms with E-state index in [0.29, 0.717) is 0 Å². The van der Waals surface area contributed by atoms with Crippen LogP contribution in [0.3, 0.4) is 0 Å². The summed E-state index contributed by atoms with van der Waals surface area (Å²) < 4.78 is 1.07. The summed E-state index contributed by atoms with van der Waals surface area (Å²) in [6.07, 6.45) is 0.138. The normalized spacial score (nSPS) is 13.6. The van der Waals surface area contributed by atoms with Gasteiger partial charge in [-0.05, 0) is 20.3 Å². The van der Waals surface area contributed by atoms with E-state index in [4.69, 9.17) is 5.11 Å². The van der Waals surface area contributed by atoms with Crippen LogP contribution in [0.2, 0.25) is 0 Å². The molecule has 0 saturated heterocycles. The van der Waals surface area contributed by atoms with E-state index in [9.17, 15) is 19.7 Å². The molecule has 2 N–H and O–H groups in total. The molecule has 0 radical (unpaired) electrons. The molecule has 20 heavy (non-hydrogen) atoms. The minimum Gasteiger partial charge on any atom is -0.480 e. The lowest BCUT2D eigenvalue weighted by molar-refractivity contribution is -0.385. The summed E-state index contributed by atoms with van der Waals surface area (Å²) in [6, 6.07) is 0. The number of amides is 1. The molecule has 1 unspecified atom stereocenters. The number of hydrogen-bond donors (Lipinski definition) is 2. The number of hydrogen-bond acceptors (Lipinski definition) is 5. The lowest BCUT2D eigenvalue weighted by atomic mass is 9.99. The fourth-order valence-corrected chi connectivity index (χ4v) is 1.72. The first kappa shape index (κ1) is 15.6. The Morgan fingerprint density at radius 2 is 2.10 bits per heavy atom. The van der Waals surface area contributed by atoms with Gasteiger partial charge >= 0.3 is 11.7 Å². The van der Waals surface area contributed by atoms with Crippen molar-refractivity contribution in [1.29, 1.82) is 0 Å². The molecule has 0 saturated carbocycles. The highest BCUT2D eigenvalue weighted by Crippen LogP contribution is 2.23. The van der Waals surface area contributed by atoms with Crippen molar-refractivity contribution in [3.05, 3.63) is 21.5 Å². The van der Waals surface area contributed by atoms with Crippen molar-refractivity contribution in [2.24, 2.45) is 7.05 Å². The maximum atomic E-state index is 12.1. The fraction of sp³-hybridized carbons (Fsp3) is 0.545. The molecule has 0 aromatic carbocycles. The quantitative estimate of drug-likeness (QED) is 0.602. The summed E-state index contributed by atoms with van der Waals surface area (Å²) in [4.78, 5) is 33.6. The van der Waals surface area contributed by atoms with Crippen LogP contribution in [-0.4, -0.2) is 37.2 Å². The van der Waals surface area contributed by atoms with E-state index >= 15 is 0 Å². The van der Waals surface area contributed by atoms with E-state index in [1.165, 1.54) is 20.9 Å². The molecule has 0 spiro atoms. The molecular weight excluding hydrogens is 268 g/mol. The standard InChI is InChI=1S/C11H16N4O5/c1-5-11(3,10(17)18)12-9(16)8-7(15(19)20)6(2)13-14(8)4/h5H2,1-4H3,(H,12,16)(H,17,18). The molecule has 0 fully saturated rings. The number of nitrogens with one attached hydrogen (secondary N) is 1. The Labute approximate surface area is 114 Å². The maximum Gasteiger partial charge on any atom is 0.329 e. The third-order valence-electron chi connectivity index (χ3n) is 3.16. The topological polar surface area (TPSA) is 127 Å². The number of nitro groups is 1. The second kappa shape index (κ2) is 5.27. The molecule has 1 aromatic rings. The van der Waals surface area contributed by atoms with Gasteiger partial charge in [-0.15, -0.1) is 0 Å². The first-order valence-corrected chi connectivity index (χ1v) is 5.88. The number of aromatic nitrogens is 2. The van der Waals surface area contributed by atoms with Crippen molar-refractivity contribution in [3.8, 4) is 0 Å². The Hall–Kier alpha value is -2.45. The summed E-state index contributed by atoms with van der Waals surface area (Å²) >= 11 is 0. The number of carbonyl (C=O) groups excluding carboxylic acids is 1. The zero-order valence-electron chi connectivity index (χ0n) is 11.6. The molecule has 9 heteroatoms.